The van der Waals surface area contributed by atoms with Crippen LogP contribution in [0.2, 0.25) is 0 Å². The number of aliphatic hydroxyl groups is 1. The zero-order valence-corrected chi connectivity index (χ0v) is 9.70. The maximum absolute atomic E-state index is 9.88. The number of aliphatic hydroxyl groups excluding tert-OH is 1. The van der Waals surface area contributed by atoms with Gasteiger partial charge in [0.1, 0.15) is 5.75 Å². The van der Waals surface area contributed by atoms with Crippen LogP contribution in [0.4, 0.5) is 0 Å². The van der Waals surface area contributed by atoms with Crippen molar-refractivity contribution >= 4 is 0 Å². The van der Waals surface area contributed by atoms with Crippen molar-refractivity contribution < 1.29 is 9.84 Å². The fourth-order valence-electron chi connectivity index (χ4n) is 2.49. The van der Waals surface area contributed by atoms with Crippen LogP contribution in [-0.2, 0) is 12.8 Å². The van der Waals surface area contributed by atoms with Gasteiger partial charge in [-0.3, -0.25) is 0 Å². The first-order chi connectivity index (χ1) is 7.77. The number of methoxy groups -OCH3 is 1. The maximum atomic E-state index is 9.88. The molecular formula is C13H19NO2. The van der Waals surface area contributed by atoms with E-state index in [9.17, 15) is 5.11 Å². The van der Waals surface area contributed by atoms with Crippen molar-refractivity contribution in [3.8, 4) is 5.75 Å². The monoisotopic (exact) mass is 221 g/mol. The highest BCUT2D eigenvalue weighted by Gasteiger charge is 2.20. The highest BCUT2D eigenvalue weighted by molar-refractivity contribution is 5.47. The van der Waals surface area contributed by atoms with E-state index in [1.165, 1.54) is 24.0 Å². The lowest BCUT2D eigenvalue weighted by Gasteiger charge is -2.23. The summed E-state index contributed by atoms with van der Waals surface area (Å²) in [6, 6.07) is 3.89. The third-order valence-electron chi connectivity index (χ3n) is 3.33. The normalized spacial score (nSPS) is 16.7. The molecule has 3 nitrogen and oxygen atoms in total. The summed E-state index contributed by atoms with van der Waals surface area (Å²) in [4.78, 5) is 0. The molecule has 0 spiro atoms. The Balaban J connectivity index is 2.48. The van der Waals surface area contributed by atoms with Crippen LogP contribution in [0.15, 0.2) is 12.1 Å². The van der Waals surface area contributed by atoms with E-state index in [1.54, 1.807) is 7.11 Å². The summed E-state index contributed by atoms with van der Waals surface area (Å²) in [7, 11) is 1.70. The number of ether oxygens (including phenoxy) is 1. The van der Waals surface area contributed by atoms with Gasteiger partial charge in [-0.1, -0.05) is 6.07 Å². The molecule has 1 unspecified atom stereocenters. The maximum Gasteiger partial charge on any atom is 0.122 e. The minimum atomic E-state index is -0.544. The van der Waals surface area contributed by atoms with Crippen LogP contribution in [0.5, 0.6) is 5.75 Å². The Morgan fingerprint density at radius 3 is 2.62 bits per heavy atom. The molecular weight excluding hydrogens is 202 g/mol. The van der Waals surface area contributed by atoms with Crippen LogP contribution in [0.25, 0.3) is 0 Å². The lowest BCUT2D eigenvalue weighted by atomic mass is 9.86. The molecule has 88 valence electrons. The van der Waals surface area contributed by atoms with E-state index in [-0.39, 0.29) is 6.54 Å². The number of fused-ring (bicyclic) bond motifs is 1. The Morgan fingerprint density at radius 2 is 2.00 bits per heavy atom. The molecule has 2 rings (SSSR count). The molecule has 0 aromatic heterocycles. The van der Waals surface area contributed by atoms with Gasteiger partial charge in [0.25, 0.3) is 0 Å². The minimum absolute atomic E-state index is 0.277. The molecule has 0 heterocycles. The Kier molecular flexibility index (Phi) is 3.46. The smallest absolute Gasteiger partial charge is 0.122 e. The van der Waals surface area contributed by atoms with Crippen LogP contribution in [-0.4, -0.2) is 18.8 Å². The van der Waals surface area contributed by atoms with Crippen molar-refractivity contribution in [1.29, 1.82) is 0 Å². The van der Waals surface area contributed by atoms with Crippen LogP contribution in [0, 0.1) is 0 Å². The summed E-state index contributed by atoms with van der Waals surface area (Å²) >= 11 is 0. The second kappa shape index (κ2) is 4.85. The number of hydrogen-bond donors (Lipinski definition) is 2. The van der Waals surface area contributed by atoms with E-state index in [0.717, 1.165) is 24.2 Å². The van der Waals surface area contributed by atoms with E-state index in [0.29, 0.717) is 0 Å². The summed E-state index contributed by atoms with van der Waals surface area (Å²) in [6.07, 6.45) is 3.91. The Labute approximate surface area is 96.2 Å². The first kappa shape index (κ1) is 11.4. The molecule has 1 atom stereocenters. The van der Waals surface area contributed by atoms with Crippen molar-refractivity contribution in [2.24, 2.45) is 5.73 Å². The largest absolute Gasteiger partial charge is 0.496 e. The quantitative estimate of drug-likeness (QED) is 0.814. The van der Waals surface area contributed by atoms with Crippen LogP contribution in [0.1, 0.15) is 35.6 Å². The van der Waals surface area contributed by atoms with Crippen LogP contribution >= 0.6 is 0 Å². The molecule has 1 aromatic rings. The Hall–Kier alpha value is -1.06. The van der Waals surface area contributed by atoms with Crippen molar-refractivity contribution in [3.63, 3.8) is 0 Å². The van der Waals surface area contributed by atoms with Crippen molar-refractivity contribution in [2.45, 2.75) is 31.8 Å². The van der Waals surface area contributed by atoms with Gasteiger partial charge in [-0.25, -0.2) is 0 Å². The molecule has 1 aliphatic carbocycles. The van der Waals surface area contributed by atoms with Gasteiger partial charge in [-0.15, -0.1) is 0 Å². The average Bonchev–Trinajstić information content (AvgIpc) is 2.36. The third-order valence-corrected chi connectivity index (χ3v) is 3.33. The highest BCUT2D eigenvalue weighted by atomic mass is 16.5. The van der Waals surface area contributed by atoms with Gasteiger partial charge < -0.3 is 15.6 Å². The molecule has 3 N–H and O–H groups in total. The molecule has 0 radical (unpaired) electrons. The number of rotatable bonds is 3. The summed E-state index contributed by atoms with van der Waals surface area (Å²) in [6.45, 7) is 0.277. The minimum Gasteiger partial charge on any atom is -0.496 e. The predicted octanol–water partition coefficient (Wildman–Crippen LogP) is 1.57. The van der Waals surface area contributed by atoms with Gasteiger partial charge in [0.2, 0.25) is 0 Å². The zero-order chi connectivity index (χ0) is 11.5. The van der Waals surface area contributed by atoms with Gasteiger partial charge in [-0.2, -0.15) is 0 Å². The Morgan fingerprint density at radius 1 is 1.31 bits per heavy atom. The lowest BCUT2D eigenvalue weighted by molar-refractivity contribution is 0.185. The fourth-order valence-corrected chi connectivity index (χ4v) is 2.49. The average molecular weight is 221 g/mol. The van der Waals surface area contributed by atoms with Gasteiger partial charge in [0.15, 0.2) is 0 Å². The molecule has 0 saturated carbocycles. The SMILES string of the molecule is COc1ccc(C(O)CN)c2c1CCCC2. The first-order valence-electron chi connectivity index (χ1n) is 5.84. The molecule has 16 heavy (non-hydrogen) atoms. The van der Waals surface area contributed by atoms with Crippen LogP contribution in [0.3, 0.4) is 0 Å². The van der Waals surface area contributed by atoms with Crippen molar-refractivity contribution in [3.05, 3.63) is 28.8 Å². The van der Waals surface area contributed by atoms with Crippen molar-refractivity contribution in [1.82, 2.24) is 0 Å². The summed E-state index contributed by atoms with van der Waals surface area (Å²) in [5, 5.41) is 9.88. The topological polar surface area (TPSA) is 55.5 Å². The van der Waals surface area contributed by atoms with E-state index in [2.05, 4.69) is 0 Å². The van der Waals surface area contributed by atoms with E-state index < -0.39 is 6.10 Å². The standard InChI is InChI=1S/C13H19NO2/c1-16-13-7-6-10(12(15)8-14)9-4-2-3-5-11(9)13/h6-7,12,15H,2-5,8,14H2,1H3. The molecule has 0 bridgehead atoms. The number of nitrogens with two attached hydrogens (primary N) is 1. The molecule has 1 aliphatic rings. The number of benzene rings is 1. The van der Waals surface area contributed by atoms with E-state index in [1.807, 2.05) is 12.1 Å². The number of hydrogen-bond acceptors (Lipinski definition) is 3. The second-order valence-electron chi connectivity index (χ2n) is 4.27. The van der Waals surface area contributed by atoms with E-state index >= 15 is 0 Å². The summed E-state index contributed by atoms with van der Waals surface area (Å²) in [5.41, 5.74) is 9.03. The van der Waals surface area contributed by atoms with Gasteiger partial charge in [0, 0.05) is 6.54 Å². The lowest BCUT2D eigenvalue weighted by Crippen LogP contribution is -2.16. The predicted molar refractivity (Wildman–Crippen MR) is 63.7 cm³/mol. The second-order valence-corrected chi connectivity index (χ2v) is 4.27. The van der Waals surface area contributed by atoms with E-state index in [4.69, 9.17) is 10.5 Å². The molecule has 0 saturated heterocycles. The molecule has 3 heteroatoms. The molecule has 0 aliphatic heterocycles. The zero-order valence-electron chi connectivity index (χ0n) is 9.70. The third kappa shape index (κ3) is 1.93. The summed E-state index contributed by atoms with van der Waals surface area (Å²) < 4.78 is 5.37. The first-order valence-corrected chi connectivity index (χ1v) is 5.84. The molecule has 0 amide bonds. The molecule has 0 fully saturated rings. The van der Waals surface area contributed by atoms with Gasteiger partial charge in [0.05, 0.1) is 13.2 Å². The van der Waals surface area contributed by atoms with Crippen LogP contribution < -0.4 is 10.5 Å². The van der Waals surface area contributed by atoms with Gasteiger partial charge >= 0.3 is 0 Å². The van der Waals surface area contributed by atoms with Crippen molar-refractivity contribution in [2.75, 3.05) is 13.7 Å². The highest BCUT2D eigenvalue weighted by Crippen LogP contribution is 2.34. The molecule has 1 aromatic carbocycles. The Bertz CT molecular complexity index is 376. The summed E-state index contributed by atoms with van der Waals surface area (Å²) in [5.74, 6) is 0.947. The van der Waals surface area contributed by atoms with Gasteiger partial charge in [-0.05, 0) is 48.4 Å². The fraction of sp³-hybridized carbons (Fsp3) is 0.538.